The Morgan fingerprint density at radius 2 is 1.95 bits per heavy atom. The first-order valence-electron chi connectivity index (χ1n) is 12.2. The van der Waals surface area contributed by atoms with Gasteiger partial charge in [-0.1, -0.05) is 0 Å². The number of fused-ring (bicyclic) bond motifs is 1. The summed E-state index contributed by atoms with van der Waals surface area (Å²) >= 11 is 0. The zero-order valence-corrected chi connectivity index (χ0v) is 21.6. The fourth-order valence-corrected chi connectivity index (χ4v) is 3.74. The molecule has 1 aliphatic heterocycles. The number of carbonyl (C=O) groups is 1. The van der Waals surface area contributed by atoms with Crippen molar-refractivity contribution in [2.24, 2.45) is 15.1 Å². The molecular weight excluding hydrogens is 472 g/mol. The second-order valence-corrected chi connectivity index (χ2v) is 7.81. The van der Waals surface area contributed by atoms with Crippen molar-refractivity contribution in [1.29, 1.82) is 0 Å². The highest BCUT2D eigenvalue weighted by Crippen LogP contribution is 2.34. The average Bonchev–Trinajstić information content (AvgIpc) is 3.29. The van der Waals surface area contributed by atoms with Crippen molar-refractivity contribution in [2.45, 2.75) is 27.2 Å². The number of benzene rings is 1. The normalized spacial score (nSPS) is 15.0. The van der Waals surface area contributed by atoms with Crippen LogP contribution in [-0.4, -0.2) is 73.4 Å². The Bertz CT molecular complexity index is 1200. The number of carbonyl (C=O) groups excluding carboxylic acids is 1. The number of H-pyrrole nitrogens is 1. The van der Waals surface area contributed by atoms with Gasteiger partial charge in [-0.2, -0.15) is 5.10 Å². The van der Waals surface area contributed by atoms with E-state index in [1.807, 2.05) is 32.9 Å². The molecule has 196 valence electrons. The molecule has 0 atom stereocenters. The Morgan fingerprint density at radius 3 is 2.62 bits per heavy atom. The van der Waals surface area contributed by atoms with Crippen molar-refractivity contribution in [3.05, 3.63) is 47.8 Å². The van der Waals surface area contributed by atoms with Gasteiger partial charge in [0, 0.05) is 68.4 Å². The number of nitrogens with zero attached hydrogens (tertiary/aromatic N) is 5. The van der Waals surface area contributed by atoms with E-state index >= 15 is 0 Å². The molecule has 0 bridgehead atoms. The fraction of sp³-hybridized carbons (Fsp3) is 0.346. The summed E-state index contributed by atoms with van der Waals surface area (Å²) in [6.45, 7) is 15.4. The summed E-state index contributed by atoms with van der Waals surface area (Å²) in [5, 5.41) is 11.9. The summed E-state index contributed by atoms with van der Waals surface area (Å²) in [5.74, 6) is 1.39. The van der Waals surface area contributed by atoms with Crippen molar-refractivity contribution in [2.75, 3.05) is 32.8 Å². The summed E-state index contributed by atoms with van der Waals surface area (Å²) in [4.78, 5) is 29.3. The lowest BCUT2D eigenvalue weighted by Gasteiger charge is -2.24. The van der Waals surface area contributed by atoms with E-state index in [0.29, 0.717) is 73.4 Å². The van der Waals surface area contributed by atoms with Crippen molar-refractivity contribution in [3.8, 4) is 11.5 Å². The van der Waals surface area contributed by atoms with Gasteiger partial charge in [-0.25, -0.2) is 4.98 Å². The van der Waals surface area contributed by atoms with Crippen LogP contribution in [0.3, 0.4) is 0 Å². The van der Waals surface area contributed by atoms with Gasteiger partial charge < -0.3 is 25.1 Å². The first kappa shape index (κ1) is 27.2. The Kier molecular flexibility index (Phi) is 10.0. The Balaban J connectivity index is 1.98. The quantitative estimate of drug-likeness (QED) is 0.205. The number of aromatic amines is 1. The summed E-state index contributed by atoms with van der Waals surface area (Å²) in [7, 11) is 0. The molecule has 1 aliphatic rings. The van der Waals surface area contributed by atoms with Gasteiger partial charge >= 0.3 is 0 Å². The van der Waals surface area contributed by atoms with Crippen molar-refractivity contribution >= 4 is 42.2 Å². The van der Waals surface area contributed by atoms with Crippen LogP contribution in [0.5, 0.6) is 11.5 Å². The lowest BCUT2D eigenvalue weighted by atomic mass is 10.0. The van der Waals surface area contributed by atoms with E-state index in [0.717, 1.165) is 11.2 Å². The molecule has 0 fully saturated rings. The number of rotatable bonds is 14. The van der Waals surface area contributed by atoms with Gasteiger partial charge in [0.1, 0.15) is 11.4 Å². The molecule has 37 heavy (non-hydrogen) atoms. The van der Waals surface area contributed by atoms with E-state index in [2.05, 4.69) is 44.1 Å². The highest BCUT2D eigenvalue weighted by molar-refractivity contribution is 6.21. The van der Waals surface area contributed by atoms with E-state index in [1.165, 1.54) is 0 Å². The van der Waals surface area contributed by atoms with E-state index in [-0.39, 0.29) is 5.91 Å². The molecule has 11 nitrogen and oxygen atoms in total. The van der Waals surface area contributed by atoms with Crippen LogP contribution in [0.15, 0.2) is 57.1 Å². The minimum atomic E-state index is -0.280. The number of aliphatic imine (C=N–C) groups is 2. The van der Waals surface area contributed by atoms with E-state index in [4.69, 9.17) is 14.5 Å². The van der Waals surface area contributed by atoms with Gasteiger partial charge in [0.25, 0.3) is 5.91 Å². The number of hydrogen-bond acceptors (Lipinski definition) is 9. The maximum Gasteiger partial charge on any atom is 0.261 e. The molecule has 0 saturated heterocycles. The van der Waals surface area contributed by atoms with E-state index < -0.39 is 0 Å². The number of imidazole rings is 1. The van der Waals surface area contributed by atoms with Gasteiger partial charge in [-0.05, 0) is 33.6 Å². The maximum atomic E-state index is 13.3. The van der Waals surface area contributed by atoms with Crippen LogP contribution in [0.4, 0.5) is 0 Å². The largest absolute Gasteiger partial charge is 0.490 e. The number of amides is 1. The van der Waals surface area contributed by atoms with Crippen molar-refractivity contribution < 1.29 is 14.3 Å². The lowest BCUT2D eigenvalue weighted by Crippen LogP contribution is -2.35. The number of aromatic nitrogens is 2. The predicted molar refractivity (Wildman–Crippen MR) is 148 cm³/mol. The van der Waals surface area contributed by atoms with Gasteiger partial charge in [-0.15, -0.1) is 0 Å². The van der Waals surface area contributed by atoms with Crippen molar-refractivity contribution in [1.82, 2.24) is 25.6 Å². The molecule has 0 unspecified atom stereocenters. The SMILES string of the molecule is C=N/C=C\C=NCCNC1=C(c2nc3cc(OCC)c(OCC)cc3[nH]2)C(=O)N/C(=C/N(CC)N=C)C1. The summed E-state index contributed by atoms with van der Waals surface area (Å²) < 4.78 is 11.5. The highest BCUT2D eigenvalue weighted by atomic mass is 16.5. The smallest absolute Gasteiger partial charge is 0.261 e. The third-order valence-corrected chi connectivity index (χ3v) is 5.33. The van der Waals surface area contributed by atoms with Crippen LogP contribution < -0.4 is 20.1 Å². The standard InChI is InChI=1S/C26H34N8O3/c1-6-34(28-5)17-18-14-21(30-13-12-29-11-9-10-27-4)24(26(35)31-18)25-32-19-15-22(36-7-2)23(37-8-3)16-20(19)33-25/h9-11,15-17,30H,4-8,12-14H2,1-3H3,(H,31,35)(H,32,33)/b10-9-,18-17+,29-11?. The summed E-state index contributed by atoms with van der Waals surface area (Å²) in [6.07, 6.45) is 7.14. The van der Waals surface area contributed by atoms with E-state index in [1.54, 1.807) is 29.7 Å². The van der Waals surface area contributed by atoms with Crippen LogP contribution in [0.25, 0.3) is 16.6 Å². The topological polar surface area (TPSA) is 129 Å². The molecule has 2 heterocycles. The number of ether oxygens (including phenoxy) is 2. The van der Waals surface area contributed by atoms with Crippen LogP contribution in [0, 0.1) is 0 Å². The number of allylic oxidation sites excluding steroid dienone is 1. The monoisotopic (exact) mass is 506 g/mol. The zero-order chi connectivity index (χ0) is 26.6. The molecule has 2 aromatic rings. The van der Waals surface area contributed by atoms with Crippen LogP contribution >= 0.6 is 0 Å². The molecule has 1 aromatic heterocycles. The third-order valence-electron chi connectivity index (χ3n) is 5.33. The summed E-state index contributed by atoms with van der Waals surface area (Å²) in [5.41, 5.74) is 3.26. The van der Waals surface area contributed by atoms with Gasteiger partial charge in [-0.3, -0.25) is 19.8 Å². The Labute approximate surface area is 216 Å². The van der Waals surface area contributed by atoms with Gasteiger partial charge in [0.15, 0.2) is 11.5 Å². The molecule has 0 radical (unpaired) electrons. The highest BCUT2D eigenvalue weighted by Gasteiger charge is 2.27. The number of hydrogen-bond donors (Lipinski definition) is 3. The predicted octanol–water partition coefficient (Wildman–Crippen LogP) is 3.24. The Hall–Kier alpha value is -4.41. The second-order valence-electron chi connectivity index (χ2n) is 7.81. The van der Waals surface area contributed by atoms with Gasteiger partial charge in [0.2, 0.25) is 0 Å². The molecule has 1 aromatic carbocycles. The lowest BCUT2D eigenvalue weighted by molar-refractivity contribution is -0.115. The summed E-state index contributed by atoms with van der Waals surface area (Å²) in [6, 6.07) is 3.66. The third kappa shape index (κ3) is 7.06. The Morgan fingerprint density at radius 1 is 1.19 bits per heavy atom. The maximum absolute atomic E-state index is 13.3. The average molecular weight is 507 g/mol. The second kappa shape index (κ2) is 13.6. The zero-order valence-electron chi connectivity index (χ0n) is 21.6. The molecule has 3 rings (SSSR count). The number of hydrazone groups is 1. The molecule has 0 aliphatic carbocycles. The van der Waals surface area contributed by atoms with Crippen LogP contribution in [-0.2, 0) is 4.79 Å². The first-order chi connectivity index (χ1) is 18.0. The molecule has 0 spiro atoms. The molecule has 3 N–H and O–H groups in total. The number of nitrogens with one attached hydrogen (secondary N) is 3. The molecule has 0 saturated carbocycles. The first-order valence-corrected chi connectivity index (χ1v) is 12.2. The minimum absolute atomic E-state index is 0.280. The van der Waals surface area contributed by atoms with E-state index in [9.17, 15) is 4.79 Å². The molecular formula is C26H34N8O3. The molecule has 1 amide bonds. The van der Waals surface area contributed by atoms with Crippen LogP contribution in [0.1, 0.15) is 33.0 Å². The van der Waals surface area contributed by atoms with Gasteiger partial charge in [0.05, 0.1) is 30.8 Å². The van der Waals surface area contributed by atoms with Crippen LogP contribution in [0.2, 0.25) is 0 Å². The van der Waals surface area contributed by atoms with Crippen molar-refractivity contribution in [3.63, 3.8) is 0 Å². The molecule has 11 heteroatoms. The minimum Gasteiger partial charge on any atom is -0.490 e. The fourth-order valence-electron chi connectivity index (χ4n) is 3.74.